The van der Waals surface area contributed by atoms with Crippen molar-refractivity contribution in [3.8, 4) is 0 Å². The number of rotatable bonds is 3. The molecule has 0 atom stereocenters. The molecule has 3 N–H and O–H groups in total. The molecule has 0 aliphatic carbocycles. The summed E-state index contributed by atoms with van der Waals surface area (Å²) in [4.78, 5) is 11.8. The summed E-state index contributed by atoms with van der Waals surface area (Å²) in [6, 6.07) is 5.91. The number of carbonyl (C=O) groups is 1. The van der Waals surface area contributed by atoms with Gasteiger partial charge in [-0.25, -0.2) is 13.2 Å². The van der Waals surface area contributed by atoms with Crippen molar-refractivity contribution in [1.29, 1.82) is 0 Å². The molecule has 0 unspecified atom stereocenters. The van der Waals surface area contributed by atoms with Crippen LogP contribution in [-0.2, 0) is 11.2 Å². The molecule has 1 amide bonds. The van der Waals surface area contributed by atoms with Gasteiger partial charge in [0.15, 0.2) is 11.6 Å². The summed E-state index contributed by atoms with van der Waals surface area (Å²) in [6.07, 6.45) is -0.430. The predicted octanol–water partition coefficient (Wildman–Crippen LogP) is 3.52. The minimum absolute atomic E-state index is 0.0351. The van der Waals surface area contributed by atoms with Crippen molar-refractivity contribution in [2.24, 2.45) is 0 Å². The van der Waals surface area contributed by atoms with Crippen LogP contribution in [0.25, 0.3) is 0 Å². The SMILES string of the molecule is Nc1ccc(F)c(F)c1NC(=O)Cc1c(F)cccc1Cl. The van der Waals surface area contributed by atoms with Crippen LogP contribution < -0.4 is 11.1 Å². The Hall–Kier alpha value is -2.21. The van der Waals surface area contributed by atoms with Crippen LogP contribution in [0.5, 0.6) is 0 Å². The van der Waals surface area contributed by atoms with Crippen molar-refractivity contribution >= 4 is 28.9 Å². The highest BCUT2D eigenvalue weighted by atomic mass is 35.5. The van der Waals surface area contributed by atoms with E-state index in [0.29, 0.717) is 0 Å². The maximum Gasteiger partial charge on any atom is 0.229 e. The molecule has 0 aromatic heterocycles. The Kier molecular flexibility index (Phi) is 4.37. The van der Waals surface area contributed by atoms with Gasteiger partial charge in [-0.3, -0.25) is 4.79 Å². The number of hydrogen-bond donors (Lipinski definition) is 2. The molecule has 0 bridgehead atoms. The van der Waals surface area contributed by atoms with Crippen LogP contribution in [0.2, 0.25) is 5.02 Å². The van der Waals surface area contributed by atoms with Crippen molar-refractivity contribution in [3.05, 3.63) is 58.4 Å². The molecular formula is C14H10ClF3N2O. The number of carbonyl (C=O) groups excluding carboxylic acids is 1. The fourth-order valence-electron chi connectivity index (χ4n) is 1.74. The molecule has 3 nitrogen and oxygen atoms in total. The number of anilines is 2. The highest BCUT2D eigenvalue weighted by Gasteiger charge is 2.17. The van der Waals surface area contributed by atoms with Crippen molar-refractivity contribution in [2.75, 3.05) is 11.1 Å². The Morgan fingerprint density at radius 3 is 2.52 bits per heavy atom. The third-order valence-corrected chi connectivity index (χ3v) is 3.14. The summed E-state index contributed by atoms with van der Waals surface area (Å²) in [5, 5.41) is 2.19. The van der Waals surface area contributed by atoms with Crippen LogP contribution in [0.15, 0.2) is 30.3 Å². The van der Waals surface area contributed by atoms with E-state index in [1.165, 1.54) is 12.1 Å². The molecule has 2 rings (SSSR count). The summed E-state index contributed by atoms with van der Waals surface area (Å²) < 4.78 is 40.2. The quantitative estimate of drug-likeness (QED) is 0.852. The monoisotopic (exact) mass is 314 g/mol. The standard InChI is InChI=1S/C14H10ClF3N2O/c15-8-2-1-3-9(16)7(8)6-12(21)20-14-11(19)5-4-10(17)13(14)18/h1-5H,6,19H2,(H,20,21). The summed E-state index contributed by atoms with van der Waals surface area (Å²) >= 11 is 5.79. The Balaban J connectivity index is 2.22. The predicted molar refractivity (Wildman–Crippen MR) is 74.5 cm³/mol. The number of halogens is 4. The van der Waals surface area contributed by atoms with Crippen molar-refractivity contribution in [2.45, 2.75) is 6.42 Å². The number of nitrogens with one attached hydrogen (secondary N) is 1. The molecule has 0 aliphatic rings. The third kappa shape index (κ3) is 3.28. The van der Waals surface area contributed by atoms with E-state index >= 15 is 0 Å². The Labute approximate surface area is 123 Å². The van der Waals surface area contributed by atoms with Crippen molar-refractivity contribution in [1.82, 2.24) is 0 Å². The molecular weight excluding hydrogens is 305 g/mol. The minimum Gasteiger partial charge on any atom is -0.397 e. The van der Waals surface area contributed by atoms with Gasteiger partial charge in [0.1, 0.15) is 11.5 Å². The van der Waals surface area contributed by atoms with E-state index in [1.54, 1.807) is 0 Å². The van der Waals surface area contributed by atoms with E-state index in [1.807, 2.05) is 0 Å². The molecule has 0 spiro atoms. The largest absolute Gasteiger partial charge is 0.397 e. The molecule has 7 heteroatoms. The van der Waals surface area contributed by atoms with E-state index in [2.05, 4.69) is 5.32 Å². The van der Waals surface area contributed by atoms with Gasteiger partial charge in [0, 0.05) is 10.6 Å². The first-order valence-corrected chi connectivity index (χ1v) is 6.24. The molecule has 0 aliphatic heterocycles. The molecule has 0 radical (unpaired) electrons. The van der Waals surface area contributed by atoms with Gasteiger partial charge < -0.3 is 11.1 Å². The third-order valence-electron chi connectivity index (χ3n) is 2.79. The lowest BCUT2D eigenvalue weighted by Gasteiger charge is -2.10. The smallest absolute Gasteiger partial charge is 0.229 e. The van der Waals surface area contributed by atoms with Gasteiger partial charge >= 0.3 is 0 Å². The summed E-state index contributed by atoms with van der Waals surface area (Å²) in [5.41, 5.74) is 4.82. The second-order valence-electron chi connectivity index (χ2n) is 4.25. The summed E-state index contributed by atoms with van der Waals surface area (Å²) in [6.45, 7) is 0. The van der Waals surface area contributed by atoms with Gasteiger partial charge in [0.2, 0.25) is 5.91 Å². The van der Waals surface area contributed by atoms with E-state index < -0.39 is 35.5 Å². The molecule has 0 fully saturated rings. The molecule has 0 saturated heterocycles. The van der Waals surface area contributed by atoms with Crippen molar-refractivity contribution in [3.63, 3.8) is 0 Å². The topological polar surface area (TPSA) is 55.1 Å². The average molecular weight is 315 g/mol. The second-order valence-corrected chi connectivity index (χ2v) is 4.66. The van der Waals surface area contributed by atoms with Crippen LogP contribution in [0.4, 0.5) is 24.5 Å². The zero-order valence-electron chi connectivity index (χ0n) is 10.6. The number of benzene rings is 2. The molecule has 2 aromatic rings. The average Bonchev–Trinajstić information content (AvgIpc) is 2.43. The fourth-order valence-corrected chi connectivity index (χ4v) is 1.97. The number of nitrogens with two attached hydrogens (primary N) is 1. The van der Waals surface area contributed by atoms with Crippen LogP contribution in [0.1, 0.15) is 5.56 Å². The lowest BCUT2D eigenvalue weighted by Crippen LogP contribution is -2.18. The van der Waals surface area contributed by atoms with Gasteiger partial charge in [0.05, 0.1) is 12.1 Å². The normalized spacial score (nSPS) is 10.5. The fraction of sp³-hybridized carbons (Fsp3) is 0.0714. The Morgan fingerprint density at radius 2 is 1.86 bits per heavy atom. The zero-order chi connectivity index (χ0) is 15.6. The second kappa shape index (κ2) is 6.05. The van der Waals surface area contributed by atoms with Gasteiger partial charge in [-0.1, -0.05) is 17.7 Å². The minimum atomic E-state index is -1.28. The lowest BCUT2D eigenvalue weighted by molar-refractivity contribution is -0.115. The first-order chi connectivity index (χ1) is 9.90. The number of amides is 1. The maximum atomic E-state index is 13.6. The van der Waals surface area contributed by atoms with Gasteiger partial charge in [0.25, 0.3) is 0 Å². The molecule has 0 saturated carbocycles. The van der Waals surface area contributed by atoms with E-state index in [0.717, 1.165) is 18.2 Å². The molecule has 2 aromatic carbocycles. The van der Waals surface area contributed by atoms with Gasteiger partial charge in [-0.05, 0) is 24.3 Å². The highest BCUT2D eigenvalue weighted by Crippen LogP contribution is 2.25. The first-order valence-electron chi connectivity index (χ1n) is 5.86. The van der Waals surface area contributed by atoms with E-state index in [9.17, 15) is 18.0 Å². The zero-order valence-corrected chi connectivity index (χ0v) is 11.3. The van der Waals surface area contributed by atoms with Crippen LogP contribution in [-0.4, -0.2) is 5.91 Å². The molecule has 110 valence electrons. The lowest BCUT2D eigenvalue weighted by atomic mass is 10.1. The number of nitrogen functional groups attached to an aromatic ring is 1. The van der Waals surface area contributed by atoms with E-state index in [-0.39, 0.29) is 16.3 Å². The van der Waals surface area contributed by atoms with Gasteiger partial charge in [-0.15, -0.1) is 0 Å². The Bertz CT molecular complexity index is 687. The van der Waals surface area contributed by atoms with Crippen LogP contribution in [0.3, 0.4) is 0 Å². The van der Waals surface area contributed by atoms with Crippen molar-refractivity contribution < 1.29 is 18.0 Å². The highest BCUT2D eigenvalue weighted by molar-refractivity contribution is 6.31. The van der Waals surface area contributed by atoms with E-state index in [4.69, 9.17) is 17.3 Å². The maximum absolute atomic E-state index is 13.6. The Morgan fingerprint density at radius 1 is 1.14 bits per heavy atom. The summed E-state index contributed by atoms with van der Waals surface area (Å²) in [5.74, 6) is -3.85. The number of hydrogen-bond acceptors (Lipinski definition) is 2. The van der Waals surface area contributed by atoms with Crippen LogP contribution in [0, 0.1) is 17.5 Å². The van der Waals surface area contributed by atoms with Crippen LogP contribution >= 0.6 is 11.6 Å². The summed E-state index contributed by atoms with van der Waals surface area (Å²) in [7, 11) is 0. The van der Waals surface area contributed by atoms with Gasteiger partial charge in [-0.2, -0.15) is 0 Å². The molecule has 21 heavy (non-hydrogen) atoms. The molecule has 0 heterocycles. The first kappa shape index (κ1) is 15.2.